The summed E-state index contributed by atoms with van der Waals surface area (Å²) >= 11 is 0. The van der Waals surface area contributed by atoms with Gasteiger partial charge in [0.2, 0.25) is 0 Å². The molecular formula is C2H4N4O. The largest absolute Gasteiger partial charge is 0.347 e. The first-order chi connectivity index (χ1) is 3.41. The molecule has 5 nitrogen and oxygen atoms in total. The molecule has 0 saturated heterocycles. The molecule has 0 fully saturated rings. The van der Waals surface area contributed by atoms with Crippen molar-refractivity contribution in [1.29, 1.82) is 5.53 Å². The molecule has 0 aromatic carbocycles. The van der Waals surface area contributed by atoms with Gasteiger partial charge in [-0.3, -0.25) is 0 Å². The lowest BCUT2D eigenvalue weighted by molar-refractivity contribution is 0.236. The van der Waals surface area contributed by atoms with Crippen molar-refractivity contribution in [2.75, 3.05) is 0 Å². The lowest BCUT2D eigenvalue weighted by Gasteiger charge is -1.74. The summed E-state index contributed by atoms with van der Waals surface area (Å²) in [4.78, 5) is 4.08. The van der Waals surface area contributed by atoms with Gasteiger partial charge in [-0.25, -0.2) is 0 Å². The minimum atomic E-state index is 1.08. The molecule has 0 amide bonds. The standard InChI is InChI=1S/C2H4N4O/c1-2-7-6-5-4-3/h2-3H,1H2. The van der Waals surface area contributed by atoms with Crippen LogP contribution in [-0.2, 0) is 4.84 Å². The molecule has 0 aromatic rings. The van der Waals surface area contributed by atoms with Crippen LogP contribution in [0.5, 0.6) is 0 Å². The Balaban J connectivity index is 3.08. The van der Waals surface area contributed by atoms with Crippen molar-refractivity contribution < 1.29 is 4.84 Å². The van der Waals surface area contributed by atoms with E-state index in [-0.39, 0.29) is 0 Å². The van der Waals surface area contributed by atoms with Crippen molar-refractivity contribution in [2.45, 2.75) is 0 Å². The Kier molecular flexibility index (Phi) is 3.89. The van der Waals surface area contributed by atoms with Crippen LogP contribution in [0.25, 0.3) is 0 Å². The maximum atomic E-state index is 6.03. The van der Waals surface area contributed by atoms with Gasteiger partial charge in [0.05, 0.1) is 5.28 Å². The van der Waals surface area contributed by atoms with Gasteiger partial charge in [-0.2, -0.15) is 5.53 Å². The second-order valence-corrected chi connectivity index (χ2v) is 0.543. The van der Waals surface area contributed by atoms with Crippen molar-refractivity contribution in [3.05, 3.63) is 12.8 Å². The number of nitrogens with one attached hydrogen (secondary N) is 1. The van der Waals surface area contributed by atoms with Crippen LogP contribution in [0.1, 0.15) is 0 Å². The molecule has 0 spiro atoms. The van der Waals surface area contributed by atoms with Gasteiger partial charge in [0, 0.05) is 5.22 Å². The number of hydrogen-bond acceptors (Lipinski definition) is 3. The summed E-state index contributed by atoms with van der Waals surface area (Å²) in [5.41, 5.74) is 6.03. The lowest BCUT2D eigenvalue weighted by Crippen LogP contribution is -1.56. The molecule has 0 unspecified atom stereocenters. The van der Waals surface area contributed by atoms with Crippen LogP contribution in [0.15, 0.2) is 28.6 Å². The summed E-state index contributed by atoms with van der Waals surface area (Å²) in [6, 6.07) is 0. The molecule has 0 heterocycles. The zero-order valence-corrected chi connectivity index (χ0v) is 3.53. The Morgan fingerprint density at radius 1 is 1.71 bits per heavy atom. The van der Waals surface area contributed by atoms with Crippen LogP contribution in [0.4, 0.5) is 0 Å². The average Bonchev–Trinajstić information content (AvgIpc) is 1.69. The first-order valence-electron chi connectivity index (χ1n) is 1.45. The number of nitrogens with zero attached hydrogens (tertiary/aromatic N) is 3. The van der Waals surface area contributed by atoms with E-state index in [9.17, 15) is 0 Å². The molecule has 0 bridgehead atoms. The molecule has 0 saturated carbocycles. The van der Waals surface area contributed by atoms with E-state index in [0.717, 1.165) is 6.26 Å². The van der Waals surface area contributed by atoms with Crippen molar-refractivity contribution in [3.8, 4) is 0 Å². The summed E-state index contributed by atoms with van der Waals surface area (Å²) in [5.74, 6) is 0. The van der Waals surface area contributed by atoms with E-state index in [1.807, 2.05) is 0 Å². The molecule has 7 heavy (non-hydrogen) atoms. The maximum Gasteiger partial charge on any atom is 0.116 e. The maximum absolute atomic E-state index is 6.03. The van der Waals surface area contributed by atoms with Crippen molar-refractivity contribution in [2.24, 2.45) is 15.7 Å². The SMILES string of the molecule is C=CON=NN=N. The summed E-state index contributed by atoms with van der Waals surface area (Å²) in [6.45, 7) is 3.15. The quantitative estimate of drug-likeness (QED) is 0.325. The van der Waals surface area contributed by atoms with E-state index in [2.05, 4.69) is 27.1 Å². The van der Waals surface area contributed by atoms with Crippen LogP contribution in [0.3, 0.4) is 0 Å². The van der Waals surface area contributed by atoms with Crippen molar-refractivity contribution in [1.82, 2.24) is 0 Å². The normalized spacial score (nSPS) is 8.57. The van der Waals surface area contributed by atoms with Gasteiger partial charge >= 0.3 is 0 Å². The summed E-state index contributed by atoms with van der Waals surface area (Å²) in [7, 11) is 0. The van der Waals surface area contributed by atoms with E-state index >= 15 is 0 Å². The molecule has 0 aliphatic rings. The minimum Gasteiger partial charge on any atom is -0.347 e. The highest BCUT2D eigenvalue weighted by atomic mass is 16.6. The fourth-order valence-electron chi connectivity index (χ4n) is 0.0727. The first-order valence-corrected chi connectivity index (χ1v) is 1.45. The lowest BCUT2D eigenvalue weighted by atomic mass is 11.2. The fourth-order valence-corrected chi connectivity index (χ4v) is 0.0727. The molecule has 0 atom stereocenters. The molecule has 5 heteroatoms. The second-order valence-electron chi connectivity index (χ2n) is 0.543. The zero-order chi connectivity index (χ0) is 5.54. The van der Waals surface area contributed by atoms with Gasteiger partial charge in [-0.15, -0.1) is 0 Å². The van der Waals surface area contributed by atoms with Gasteiger partial charge in [0.15, 0.2) is 0 Å². The first kappa shape index (κ1) is 5.74. The van der Waals surface area contributed by atoms with E-state index in [1.54, 1.807) is 0 Å². The van der Waals surface area contributed by atoms with E-state index in [0.29, 0.717) is 0 Å². The van der Waals surface area contributed by atoms with Crippen LogP contribution in [-0.4, -0.2) is 0 Å². The summed E-state index contributed by atoms with van der Waals surface area (Å²) in [5, 5.41) is 8.15. The zero-order valence-electron chi connectivity index (χ0n) is 3.53. The fraction of sp³-hybridized carbons (Fsp3) is 0. The Bertz CT molecular complexity index is 87.7. The smallest absolute Gasteiger partial charge is 0.116 e. The predicted molar refractivity (Wildman–Crippen MR) is 21.3 cm³/mol. The van der Waals surface area contributed by atoms with Crippen LogP contribution in [0, 0.1) is 5.53 Å². The average molecular weight is 100 g/mol. The Morgan fingerprint density at radius 3 is 2.86 bits per heavy atom. The Labute approximate surface area is 40.1 Å². The molecule has 0 aliphatic carbocycles. The molecular weight excluding hydrogens is 96.0 g/mol. The van der Waals surface area contributed by atoms with Gasteiger partial charge in [0.1, 0.15) is 6.26 Å². The molecule has 1 N–H and O–H groups in total. The third-order valence-corrected chi connectivity index (χ3v) is 0.203. The summed E-state index contributed by atoms with van der Waals surface area (Å²) in [6.07, 6.45) is 1.08. The highest BCUT2D eigenvalue weighted by Crippen LogP contribution is 1.76. The second kappa shape index (κ2) is 4.74. The van der Waals surface area contributed by atoms with Crippen LogP contribution >= 0.6 is 0 Å². The predicted octanol–water partition coefficient (Wildman–Crippen LogP) is 1.46. The van der Waals surface area contributed by atoms with Gasteiger partial charge in [-0.05, 0) is 5.22 Å². The monoisotopic (exact) mass is 100 g/mol. The Morgan fingerprint density at radius 2 is 2.43 bits per heavy atom. The molecule has 38 valence electrons. The highest BCUT2D eigenvalue weighted by Gasteiger charge is 1.59. The molecule has 0 rings (SSSR count). The topological polar surface area (TPSA) is 70.2 Å². The van der Waals surface area contributed by atoms with E-state index < -0.39 is 0 Å². The number of hydrogen-bond donors (Lipinski definition) is 1. The molecule has 0 aliphatic heterocycles. The van der Waals surface area contributed by atoms with Crippen LogP contribution < -0.4 is 0 Å². The molecule has 0 aromatic heterocycles. The number of rotatable bonds is 3. The van der Waals surface area contributed by atoms with Gasteiger partial charge in [0.25, 0.3) is 0 Å². The highest BCUT2D eigenvalue weighted by molar-refractivity contribution is 4.43. The third-order valence-electron chi connectivity index (χ3n) is 0.203. The van der Waals surface area contributed by atoms with E-state index in [4.69, 9.17) is 5.53 Å². The van der Waals surface area contributed by atoms with Gasteiger partial charge < -0.3 is 4.84 Å². The van der Waals surface area contributed by atoms with Crippen molar-refractivity contribution in [3.63, 3.8) is 0 Å². The summed E-state index contributed by atoms with van der Waals surface area (Å²) < 4.78 is 0. The Hall–Kier alpha value is -1.26. The van der Waals surface area contributed by atoms with E-state index in [1.165, 1.54) is 0 Å². The van der Waals surface area contributed by atoms with Crippen LogP contribution in [0.2, 0.25) is 0 Å². The third kappa shape index (κ3) is 4.74. The van der Waals surface area contributed by atoms with Crippen molar-refractivity contribution >= 4 is 0 Å². The van der Waals surface area contributed by atoms with Gasteiger partial charge in [-0.1, -0.05) is 6.58 Å². The molecule has 0 radical (unpaired) electrons. The minimum absolute atomic E-state index is 1.08.